The Kier molecular flexibility index (Phi) is 7.21. The number of piperazine rings is 1. The second-order valence-corrected chi connectivity index (χ2v) is 11.2. The third kappa shape index (κ3) is 5.21. The van der Waals surface area contributed by atoms with E-state index in [0.717, 1.165) is 16.6 Å². The second kappa shape index (κ2) is 10.7. The first kappa shape index (κ1) is 24.9. The summed E-state index contributed by atoms with van der Waals surface area (Å²) in [5.41, 5.74) is 2.04. The fourth-order valence-electron chi connectivity index (χ4n) is 4.88. The molecule has 8 heteroatoms. The molecular formula is C29H30N4O3S. The molecule has 1 fully saturated rings. The first-order valence-corrected chi connectivity index (χ1v) is 13.8. The van der Waals surface area contributed by atoms with Crippen LogP contribution in [-0.2, 0) is 21.2 Å². The van der Waals surface area contributed by atoms with Gasteiger partial charge in [0.25, 0.3) is 0 Å². The van der Waals surface area contributed by atoms with Crippen LogP contribution < -0.4 is 4.90 Å². The second-order valence-electron chi connectivity index (χ2n) is 9.23. The van der Waals surface area contributed by atoms with Gasteiger partial charge in [-0.1, -0.05) is 60.7 Å². The van der Waals surface area contributed by atoms with E-state index in [1.807, 2.05) is 54.6 Å². The molecule has 37 heavy (non-hydrogen) atoms. The Labute approximate surface area is 218 Å². The minimum atomic E-state index is -3.97. The van der Waals surface area contributed by atoms with Gasteiger partial charge in [-0.15, -0.1) is 0 Å². The maximum Gasteiger partial charge on any atom is 0.244 e. The van der Waals surface area contributed by atoms with Crippen molar-refractivity contribution in [1.29, 1.82) is 0 Å². The largest absolute Gasteiger partial charge is 0.368 e. The molecule has 4 aromatic rings. The van der Waals surface area contributed by atoms with Crippen LogP contribution in [0.4, 0.5) is 5.69 Å². The van der Waals surface area contributed by atoms with E-state index in [4.69, 9.17) is 0 Å². The number of anilines is 1. The van der Waals surface area contributed by atoms with E-state index >= 15 is 0 Å². The van der Waals surface area contributed by atoms with Crippen LogP contribution in [0.5, 0.6) is 0 Å². The van der Waals surface area contributed by atoms with Gasteiger partial charge < -0.3 is 9.80 Å². The molecule has 1 aliphatic rings. The number of pyridine rings is 1. The lowest BCUT2D eigenvalue weighted by Gasteiger charge is -2.39. The van der Waals surface area contributed by atoms with Crippen molar-refractivity contribution < 1.29 is 13.2 Å². The van der Waals surface area contributed by atoms with Crippen molar-refractivity contribution in [3.05, 3.63) is 103 Å². The molecule has 0 spiro atoms. The molecule has 0 unspecified atom stereocenters. The molecule has 1 saturated heterocycles. The van der Waals surface area contributed by atoms with Crippen molar-refractivity contribution >= 4 is 32.4 Å². The molecule has 3 aromatic carbocycles. The van der Waals surface area contributed by atoms with Gasteiger partial charge in [-0.3, -0.25) is 9.78 Å². The van der Waals surface area contributed by atoms with Crippen LogP contribution in [-0.4, -0.2) is 67.8 Å². The highest BCUT2D eigenvalue weighted by atomic mass is 32.2. The van der Waals surface area contributed by atoms with Crippen LogP contribution in [0.2, 0.25) is 0 Å². The van der Waals surface area contributed by atoms with Crippen LogP contribution in [0.15, 0.2) is 102 Å². The van der Waals surface area contributed by atoms with Crippen LogP contribution in [0.25, 0.3) is 10.8 Å². The summed E-state index contributed by atoms with van der Waals surface area (Å²) in [5.74, 6) is -0.176. The Morgan fingerprint density at radius 3 is 2.27 bits per heavy atom. The van der Waals surface area contributed by atoms with Gasteiger partial charge in [-0.25, -0.2) is 8.42 Å². The topological polar surface area (TPSA) is 73.8 Å². The summed E-state index contributed by atoms with van der Waals surface area (Å²) in [4.78, 5) is 22.3. The number of fused-ring (bicyclic) bond motifs is 1. The first-order chi connectivity index (χ1) is 17.9. The summed E-state index contributed by atoms with van der Waals surface area (Å²) in [7, 11) is -2.46. The highest BCUT2D eigenvalue weighted by Gasteiger charge is 2.37. The number of amides is 1. The van der Waals surface area contributed by atoms with Gasteiger partial charge >= 0.3 is 0 Å². The van der Waals surface area contributed by atoms with Crippen LogP contribution in [0.3, 0.4) is 0 Å². The molecule has 190 valence electrons. The number of carbonyl (C=O) groups excluding carboxylic acids is 1. The molecule has 2 heterocycles. The predicted octanol–water partition coefficient (Wildman–Crippen LogP) is 3.82. The van der Waals surface area contributed by atoms with E-state index in [0.29, 0.717) is 38.0 Å². The maximum atomic E-state index is 13.9. The minimum Gasteiger partial charge on any atom is -0.368 e. The molecule has 7 nitrogen and oxygen atoms in total. The first-order valence-electron chi connectivity index (χ1n) is 12.4. The zero-order valence-corrected chi connectivity index (χ0v) is 21.6. The summed E-state index contributed by atoms with van der Waals surface area (Å²) >= 11 is 0. The third-order valence-corrected chi connectivity index (χ3v) is 8.93. The Balaban J connectivity index is 1.43. The van der Waals surface area contributed by atoms with E-state index < -0.39 is 16.1 Å². The maximum absolute atomic E-state index is 13.9. The average Bonchev–Trinajstić information content (AvgIpc) is 2.96. The monoisotopic (exact) mass is 514 g/mol. The number of benzene rings is 3. The van der Waals surface area contributed by atoms with Gasteiger partial charge in [-0.2, -0.15) is 4.31 Å². The van der Waals surface area contributed by atoms with Crippen molar-refractivity contribution in [2.75, 3.05) is 38.1 Å². The SMILES string of the molecule is CN([C@@H](Cc1ccccc1)C(=O)N1CCN(c2ccccc2)CC1)S(=O)(=O)c1cccc2cnccc12. The third-order valence-electron chi connectivity index (χ3n) is 7.01. The average molecular weight is 515 g/mol. The summed E-state index contributed by atoms with van der Waals surface area (Å²) in [6, 6.07) is 25.7. The summed E-state index contributed by atoms with van der Waals surface area (Å²) in [6.45, 7) is 2.46. The fourth-order valence-corrected chi connectivity index (χ4v) is 6.41. The molecule has 0 radical (unpaired) electrons. The number of likely N-dealkylation sites (N-methyl/N-ethyl adjacent to an activating group) is 1. The van der Waals surface area contributed by atoms with E-state index in [1.165, 1.54) is 11.4 Å². The summed E-state index contributed by atoms with van der Waals surface area (Å²) < 4.78 is 29.1. The normalized spacial score (nSPS) is 15.2. The number of carbonyl (C=O) groups is 1. The molecule has 5 rings (SSSR count). The molecule has 1 atom stereocenters. The van der Waals surface area contributed by atoms with Gasteiger partial charge in [0.2, 0.25) is 15.9 Å². The lowest BCUT2D eigenvalue weighted by Crippen LogP contribution is -2.56. The van der Waals surface area contributed by atoms with Gasteiger partial charge in [-0.05, 0) is 36.2 Å². The van der Waals surface area contributed by atoms with Gasteiger partial charge in [0.05, 0.1) is 4.90 Å². The Hall–Kier alpha value is -3.75. The molecular weight excluding hydrogens is 484 g/mol. The van der Waals surface area contributed by atoms with Crippen LogP contribution >= 0.6 is 0 Å². The highest BCUT2D eigenvalue weighted by Crippen LogP contribution is 2.27. The summed E-state index contributed by atoms with van der Waals surface area (Å²) in [5, 5.41) is 1.33. The van der Waals surface area contributed by atoms with E-state index in [-0.39, 0.29) is 10.8 Å². The van der Waals surface area contributed by atoms with E-state index in [1.54, 1.807) is 35.5 Å². The smallest absolute Gasteiger partial charge is 0.244 e. The van der Waals surface area contributed by atoms with E-state index in [9.17, 15) is 13.2 Å². The number of hydrogen-bond donors (Lipinski definition) is 0. The molecule has 0 aliphatic carbocycles. The fraction of sp³-hybridized carbons (Fsp3) is 0.241. The number of nitrogens with zero attached hydrogens (tertiary/aromatic N) is 4. The molecule has 0 bridgehead atoms. The van der Waals surface area contributed by atoms with Crippen molar-refractivity contribution in [3.63, 3.8) is 0 Å². The van der Waals surface area contributed by atoms with Crippen molar-refractivity contribution in [2.45, 2.75) is 17.4 Å². The highest BCUT2D eigenvalue weighted by molar-refractivity contribution is 7.89. The standard InChI is InChI=1S/C29H30N4O3S/c1-31(37(35,36)28-14-8-11-24-22-30-16-15-26(24)28)27(21-23-9-4-2-5-10-23)29(34)33-19-17-32(18-20-33)25-12-6-3-7-13-25/h2-16,22,27H,17-21H2,1H3/t27-/m0/s1. The Morgan fingerprint density at radius 1 is 0.892 bits per heavy atom. The number of rotatable bonds is 7. The Morgan fingerprint density at radius 2 is 1.57 bits per heavy atom. The van der Waals surface area contributed by atoms with Gasteiger partial charge in [0.15, 0.2) is 0 Å². The molecule has 0 N–H and O–H groups in total. The molecule has 1 aromatic heterocycles. The lowest BCUT2D eigenvalue weighted by atomic mass is 10.0. The zero-order chi connectivity index (χ0) is 25.8. The van der Waals surface area contributed by atoms with Crippen LogP contribution in [0.1, 0.15) is 5.56 Å². The quantitative estimate of drug-likeness (QED) is 0.375. The number of hydrogen-bond acceptors (Lipinski definition) is 5. The molecule has 1 aliphatic heterocycles. The van der Waals surface area contributed by atoms with Gasteiger partial charge in [0, 0.05) is 62.1 Å². The Bertz CT molecular complexity index is 1470. The van der Waals surface area contributed by atoms with Crippen molar-refractivity contribution in [3.8, 4) is 0 Å². The number of aromatic nitrogens is 1. The number of sulfonamides is 1. The van der Waals surface area contributed by atoms with Crippen LogP contribution in [0, 0.1) is 0 Å². The minimum absolute atomic E-state index is 0.176. The van der Waals surface area contributed by atoms with Gasteiger partial charge in [0.1, 0.15) is 6.04 Å². The zero-order valence-electron chi connectivity index (χ0n) is 20.8. The lowest BCUT2D eigenvalue weighted by molar-refractivity contribution is -0.135. The van der Waals surface area contributed by atoms with Crippen molar-refractivity contribution in [1.82, 2.24) is 14.2 Å². The molecule has 0 saturated carbocycles. The van der Waals surface area contributed by atoms with E-state index in [2.05, 4.69) is 22.0 Å². The number of para-hydroxylation sites is 1. The van der Waals surface area contributed by atoms with Crippen molar-refractivity contribution in [2.24, 2.45) is 0 Å². The molecule has 1 amide bonds. The predicted molar refractivity (Wildman–Crippen MR) is 146 cm³/mol. The summed E-state index contributed by atoms with van der Waals surface area (Å²) in [6.07, 6.45) is 3.52.